The van der Waals surface area contributed by atoms with E-state index >= 15 is 0 Å². The number of fused-ring (bicyclic) bond motifs is 12. The minimum Gasteiger partial charge on any atom is -0.411 e. The second kappa shape index (κ2) is 31.2. The van der Waals surface area contributed by atoms with Crippen molar-refractivity contribution in [2.45, 2.75) is 117 Å². The number of nitrogens with zero attached hydrogens (tertiary/aromatic N) is 4. The Bertz CT molecular complexity index is 5860. The molecule has 0 saturated carbocycles. The van der Waals surface area contributed by atoms with Crippen LogP contribution in [0.15, 0.2) is 284 Å². The molecular weight excluding hydrogens is 1620 g/mol. The first-order valence-electron chi connectivity index (χ1n) is 36.4. The number of benzene rings is 12. The van der Waals surface area contributed by atoms with Gasteiger partial charge in [-0.1, -0.05) is 207 Å². The van der Waals surface area contributed by atoms with Crippen LogP contribution in [0.25, 0.3) is 132 Å². The molecule has 2 saturated heterocycles. The van der Waals surface area contributed by atoms with Crippen LogP contribution >= 0.6 is 61.1 Å². The lowest BCUT2D eigenvalue weighted by atomic mass is 9.63. The second-order valence-electron chi connectivity index (χ2n) is 30.4. The van der Waals surface area contributed by atoms with Gasteiger partial charge in [0.2, 0.25) is 0 Å². The Morgan fingerprint density at radius 2 is 0.537 bits per heavy atom. The molecular formula is C92H90B3BrI2N4O6. The highest BCUT2D eigenvalue weighted by Gasteiger charge is 2.52. The number of hydrogen-bond donors (Lipinski definition) is 2. The summed E-state index contributed by atoms with van der Waals surface area (Å²) in [6, 6.07) is 101. The number of rotatable bonds is 8. The van der Waals surface area contributed by atoms with Gasteiger partial charge >= 0.3 is 14.1 Å². The summed E-state index contributed by atoms with van der Waals surface area (Å²) in [7, 11) is 4.50. The Labute approximate surface area is 672 Å². The van der Waals surface area contributed by atoms with Crippen molar-refractivity contribution in [1.82, 2.24) is 18.3 Å². The van der Waals surface area contributed by atoms with E-state index in [2.05, 4.69) is 386 Å². The molecule has 16 aromatic rings. The van der Waals surface area contributed by atoms with Gasteiger partial charge in [-0.25, -0.2) is 0 Å². The van der Waals surface area contributed by atoms with Gasteiger partial charge in [-0.2, -0.15) is 0 Å². The minimum atomic E-state index is -1.01. The summed E-state index contributed by atoms with van der Waals surface area (Å²) in [6.07, 6.45) is 0. The summed E-state index contributed by atoms with van der Waals surface area (Å²) in [5, 5.41) is 28.3. The molecule has 0 aliphatic carbocycles. The van der Waals surface area contributed by atoms with Gasteiger partial charge in [0, 0.05) is 70.3 Å². The Hall–Kier alpha value is -8.27. The fourth-order valence-electron chi connectivity index (χ4n) is 14.1. The largest absolute Gasteiger partial charge is 0.494 e. The Morgan fingerprint density at radius 1 is 0.306 bits per heavy atom. The van der Waals surface area contributed by atoms with Crippen LogP contribution in [0.5, 0.6) is 0 Å². The average Bonchev–Trinajstić information content (AvgIpc) is 1.60. The highest BCUT2D eigenvalue weighted by Crippen LogP contribution is 2.43. The maximum Gasteiger partial charge on any atom is 0.494 e. The highest BCUT2D eigenvalue weighted by atomic mass is 127. The lowest BCUT2D eigenvalue weighted by molar-refractivity contribution is -0.107. The molecule has 4 aromatic heterocycles. The molecule has 2 aliphatic heterocycles. The molecule has 0 spiro atoms. The van der Waals surface area contributed by atoms with Gasteiger partial charge in [0.05, 0.1) is 77.7 Å². The van der Waals surface area contributed by atoms with Crippen molar-refractivity contribution in [3.05, 3.63) is 284 Å². The van der Waals surface area contributed by atoms with Gasteiger partial charge in [-0.15, -0.1) is 0 Å². The predicted molar refractivity (Wildman–Crippen MR) is 479 cm³/mol. The molecule has 0 atom stereocenters. The number of halogens is 3. The topological polar surface area (TPSA) is 97.1 Å². The minimum absolute atomic E-state index is 0.285. The van der Waals surface area contributed by atoms with Crippen molar-refractivity contribution in [3.63, 3.8) is 0 Å². The van der Waals surface area contributed by atoms with E-state index in [0.29, 0.717) is 0 Å². The number of para-hydroxylation sites is 6. The standard InChI is InChI=1S/C42H35BN2O2.C36H23BrN2.C6H12B2O2.C6H14O2.2CH3I/c1-41(2)42(3,4)47-43(46-41)30-20-22-32(23-21-30)45-38-17-11-9-15-34(38)36-27-29(19-25-40(36)45)28-18-24-39-35(26-28)33-14-8-10-16-37(33)44(39)31-12-6-5-7-13-31;37-26-16-18-28(19-17-26)39-34-13-7-5-11-30(34)32-23-25(15-21-36(32)39)24-14-20-35-31(22-24)29-10-4-6-12-33(29)38(35)27-8-2-1-3-9-27;1-5(2)6(3,4)10-8(7)9-5;1-5(2,7)6(3,4)8;2*1-2/h5-27H,1-4H3;1-23H;1-4H3;7-8H,1-4H3;2*1H3. The Morgan fingerprint density at radius 3 is 0.796 bits per heavy atom. The molecule has 0 bridgehead atoms. The lowest BCUT2D eigenvalue weighted by Crippen LogP contribution is -2.44. The molecule has 544 valence electrons. The third-order valence-electron chi connectivity index (χ3n) is 21.9. The monoisotopic (exact) mass is 1710 g/mol. The first-order valence-corrected chi connectivity index (χ1v) is 41.5. The zero-order valence-corrected chi connectivity index (χ0v) is 69.6. The zero-order chi connectivity index (χ0) is 76.8. The summed E-state index contributed by atoms with van der Waals surface area (Å²) in [4.78, 5) is 3.94. The molecule has 0 unspecified atom stereocenters. The van der Waals surface area contributed by atoms with Gasteiger partial charge in [-0.3, -0.25) is 0 Å². The van der Waals surface area contributed by atoms with Gasteiger partial charge in [0.1, 0.15) is 7.74 Å². The number of aliphatic hydroxyl groups is 2. The zero-order valence-electron chi connectivity index (χ0n) is 63.7. The van der Waals surface area contributed by atoms with Crippen LogP contribution in [0.4, 0.5) is 0 Å². The molecule has 18 rings (SSSR count). The molecule has 16 heteroatoms. The van der Waals surface area contributed by atoms with Crippen molar-refractivity contribution in [1.29, 1.82) is 0 Å². The summed E-state index contributed by atoms with van der Waals surface area (Å²) in [6.45, 7) is 22.6. The molecule has 2 aliphatic rings. The van der Waals surface area contributed by atoms with Crippen molar-refractivity contribution in [3.8, 4) is 45.0 Å². The van der Waals surface area contributed by atoms with E-state index < -0.39 is 18.2 Å². The van der Waals surface area contributed by atoms with E-state index in [1.807, 2.05) is 37.6 Å². The molecule has 108 heavy (non-hydrogen) atoms. The average molecular weight is 1710 g/mol. The van der Waals surface area contributed by atoms with Crippen molar-refractivity contribution in [2.24, 2.45) is 0 Å². The van der Waals surface area contributed by atoms with Crippen LogP contribution in [0.1, 0.15) is 83.1 Å². The van der Waals surface area contributed by atoms with Crippen molar-refractivity contribution >= 4 is 176 Å². The van der Waals surface area contributed by atoms with Crippen LogP contribution in [-0.2, 0) is 18.6 Å². The van der Waals surface area contributed by atoms with Crippen molar-refractivity contribution < 1.29 is 28.8 Å². The summed E-state index contributed by atoms with van der Waals surface area (Å²) < 4.78 is 33.8. The third-order valence-corrected chi connectivity index (χ3v) is 22.4. The lowest BCUT2D eigenvalue weighted by Gasteiger charge is -2.32. The van der Waals surface area contributed by atoms with Crippen LogP contribution in [-0.4, -0.2) is 93.8 Å². The quantitative estimate of drug-likeness (QED) is 0.0894. The Balaban J connectivity index is 0.000000151. The molecule has 2 fully saturated rings. The van der Waals surface area contributed by atoms with Gasteiger partial charge in [0.25, 0.3) is 0 Å². The summed E-state index contributed by atoms with van der Waals surface area (Å²) in [5.74, 6) is 0. The first kappa shape index (κ1) is 77.9. The number of alkyl halides is 2. The van der Waals surface area contributed by atoms with Crippen LogP contribution in [0.2, 0.25) is 0 Å². The van der Waals surface area contributed by atoms with E-state index in [9.17, 15) is 0 Å². The van der Waals surface area contributed by atoms with E-state index in [-0.39, 0.29) is 29.5 Å². The molecule has 12 aromatic carbocycles. The van der Waals surface area contributed by atoms with E-state index in [0.717, 1.165) is 21.3 Å². The fourth-order valence-corrected chi connectivity index (χ4v) is 14.4. The predicted octanol–water partition coefficient (Wildman–Crippen LogP) is 23.5. The molecule has 0 amide bonds. The van der Waals surface area contributed by atoms with E-state index in [1.165, 1.54) is 121 Å². The van der Waals surface area contributed by atoms with E-state index in [1.54, 1.807) is 27.7 Å². The molecule has 2 radical (unpaired) electrons. The number of hydrogen-bond acceptors (Lipinski definition) is 6. The normalized spacial score (nSPS) is 15.0. The smallest absolute Gasteiger partial charge is 0.411 e. The van der Waals surface area contributed by atoms with Gasteiger partial charge < -0.3 is 47.1 Å². The third kappa shape index (κ3) is 15.0. The highest BCUT2D eigenvalue weighted by molar-refractivity contribution is 14.1. The Kier molecular flexibility index (Phi) is 22.5. The first-order chi connectivity index (χ1) is 51.6. The van der Waals surface area contributed by atoms with E-state index in [4.69, 9.17) is 36.6 Å². The van der Waals surface area contributed by atoms with Crippen molar-refractivity contribution in [2.75, 3.05) is 9.86 Å². The summed E-state index contributed by atoms with van der Waals surface area (Å²) in [5.41, 5.74) is 16.8. The molecule has 10 nitrogen and oxygen atoms in total. The van der Waals surface area contributed by atoms with Crippen LogP contribution in [0.3, 0.4) is 0 Å². The maximum absolute atomic E-state index is 9.10. The van der Waals surface area contributed by atoms with Gasteiger partial charge in [0.15, 0.2) is 0 Å². The van der Waals surface area contributed by atoms with Crippen LogP contribution < -0.4 is 5.46 Å². The molecule has 2 N–H and O–H groups in total. The maximum atomic E-state index is 9.10. The van der Waals surface area contributed by atoms with Gasteiger partial charge in [-0.05, 0) is 254 Å². The SMILES string of the molecule is Brc1ccc(-n2c3ccccc3c3cc(-c4ccc5c(c4)c4ccccc4n5-c4ccccc4)ccc32)cc1.CC(C)(O)C(C)(C)O.CC1(C)OB(c2ccc(-n3c4ccccc4c4cc(-c5ccc6c(c5)c5ccccc5n6-c5ccccc5)ccc43)cc2)OC1(C)C.CI.CI.[B]B1OC(C)(C)C(C)(C)O1. The second-order valence-corrected chi connectivity index (χ2v) is 31.3. The van der Waals surface area contributed by atoms with Crippen LogP contribution in [0, 0.1) is 0 Å². The fraction of sp³-hybridized carbons (Fsp3) is 0.217. The summed E-state index contributed by atoms with van der Waals surface area (Å²) >= 11 is 7.88. The number of aromatic nitrogens is 4. The molecule has 6 heterocycles.